The Labute approximate surface area is 115 Å². The van der Waals surface area contributed by atoms with Crippen LogP contribution < -0.4 is 4.74 Å². The van der Waals surface area contributed by atoms with E-state index in [1.165, 1.54) is 0 Å². The average Bonchev–Trinajstić information content (AvgIpc) is 2.76. The van der Waals surface area contributed by atoms with Gasteiger partial charge in [-0.3, -0.25) is 0 Å². The molecule has 0 saturated heterocycles. The maximum Gasteiger partial charge on any atom is 0.135 e. The van der Waals surface area contributed by atoms with Crippen LogP contribution in [0.15, 0.2) is 39.4 Å². The molecule has 4 heteroatoms. The molecule has 0 aliphatic heterocycles. The first kappa shape index (κ1) is 13.2. The summed E-state index contributed by atoms with van der Waals surface area (Å²) in [7, 11) is 1.62. The second-order valence-electron chi connectivity index (χ2n) is 4.14. The number of aryl methyl sites for hydroxylation is 1. The summed E-state index contributed by atoms with van der Waals surface area (Å²) in [4.78, 5) is 0. The largest absolute Gasteiger partial charge is 0.496 e. The van der Waals surface area contributed by atoms with Crippen molar-refractivity contribution >= 4 is 15.9 Å². The molecule has 0 aliphatic carbocycles. The van der Waals surface area contributed by atoms with Gasteiger partial charge in [0, 0.05) is 10.9 Å². The van der Waals surface area contributed by atoms with Crippen LogP contribution in [-0.2, 0) is 6.42 Å². The zero-order chi connectivity index (χ0) is 13.1. The third-order valence-corrected chi connectivity index (χ3v) is 3.35. The lowest BCUT2D eigenvalue weighted by Gasteiger charge is -2.13. The van der Waals surface area contributed by atoms with E-state index in [0.717, 1.165) is 21.3 Å². The highest BCUT2D eigenvalue weighted by Gasteiger charge is 2.16. The van der Waals surface area contributed by atoms with Crippen LogP contribution in [0.2, 0.25) is 0 Å². The Hall–Kier alpha value is -1.26. The summed E-state index contributed by atoms with van der Waals surface area (Å²) in [6.07, 6.45) is 1.38. The molecule has 2 rings (SSSR count). The number of hydrogen-bond acceptors (Lipinski definition) is 3. The number of aliphatic hydroxyl groups is 1. The number of furan rings is 1. The number of aliphatic hydroxyl groups excluding tert-OH is 1. The molecule has 0 saturated carbocycles. The van der Waals surface area contributed by atoms with Crippen molar-refractivity contribution < 1.29 is 14.3 Å². The lowest BCUT2D eigenvalue weighted by Crippen LogP contribution is -2.03. The topological polar surface area (TPSA) is 42.6 Å². The Balaban J connectivity index is 2.23. The Morgan fingerprint density at radius 3 is 2.78 bits per heavy atom. The number of ether oxygens (including phenoxy) is 1. The van der Waals surface area contributed by atoms with Gasteiger partial charge in [0.05, 0.1) is 13.4 Å². The van der Waals surface area contributed by atoms with Crippen LogP contribution >= 0.6 is 15.9 Å². The lowest BCUT2D eigenvalue weighted by atomic mass is 10.0. The van der Waals surface area contributed by atoms with Gasteiger partial charge in [0.25, 0.3) is 0 Å². The minimum atomic E-state index is -0.664. The second-order valence-corrected chi connectivity index (χ2v) is 5.06. The van der Waals surface area contributed by atoms with Gasteiger partial charge in [-0.15, -0.1) is 0 Å². The molecular formula is C14H15BrO3. The van der Waals surface area contributed by atoms with Crippen LogP contribution in [0.4, 0.5) is 0 Å². The van der Waals surface area contributed by atoms with Crippen molar-refractivity contribution in [3.05, 3.63) is 51.9 Å². The van der Waals surface area contributed by atoms with E-state index >= 15 is 0 Å². The van der Waals surface area contributed by atoms with Gasteiger partial charge in [-0.2, -0.15) is 0 Å². The fourth-order valence-corrected chi connectivity index (χ4v) is 2.34. The standard InChI is InChI=1S/C14H15BrO3/c1-9-5-6-18-14(9)12(16)8-10-7-11(15)3-4-13(10)17-2/h3-7,12,16H,8H2,1-2H3. The van der Waals surface area contributed by atoms with Crippen molar-refractivity contribution in [3.8, 4) is 5.75 Å². The van der Waals surface area contributed by atoms with Gasteiger partial charge in [0.15, 0.2) is 0 Å². The van der Waals surface area contributed by atoms with Crippen molar-refractivity contribution in [2.75, 3.05) is 7.11 Å². The van der Waals surface area contributed by atoms with Gasteiger partial charge in [-0.05, 0) is 42.3 Å². The summed E-state index contributed by atoms with van der Waals surface area (Å²) in [5.41, 5.74) is 1.90. The Morgan fingerprint density at radius 2 is 2.17 bits per heavy atom. The first-order chi connectivity index (χ1) is 8.61. The van der Waals surface area contributed by atoms with Crippen molar-refractivity contribution in [1.82, 2.24) is 0 Å². The molecule has 0 bridgehead atoms. The van der Waals surface area contributed by atoms with Gasteiger partial charge in [0.2, 0.25) is 0 Å². The van der Waals surface area contributed by atoms with Gasteiger partial charge in [0.1, 0.15) is 17.6 Å². The normalized spacial score (nSPS) is 12.4. The van der Waals surface area contributed by atoms with Crippen LogP contribution in [0.5, 0.6) is 5.75 Å². The Kier molecular flexibility index (Phi) is 4.09. The molecule has 0 fully saturated rings. The van der Waals surface area contributed by atoms with E-state index in [1.807, 2.05) is 31.2 Å². The summed E-state index contributed by atoms with van der Waals surface area (Å²) >= 11 is 3.42. The van der Waals surface area contributed by atoms with Crippen molar-refractivity contribution in [1.29, 1.82) is 0 Å². The number of benzene rings is 1. The molecule has 0 amide bonds. The molecule has 2 aromatic rings. The summed E-state index contributed by atoms with van der Waals surface area (Å²) in [5.74, 6) is 1.37. The Morgan fingerprint density at radius 1 is 1.39 bits per heavy atom. The highest BCUT2D eigenvalue weighted by atomic mass is 79.9. The molecule has 96 valence electrons. The summed E-state index contributed by atoms with van der Waals surface area (Å²) in [5, 5.41) is 10.2. The highest BCUT2D eigenvalue weighted by Crippen LogP contribution is 2.29. The molecule has 1 aromatic heterocycles. The zero-order valence-corrected chi connectivity index (χ0v) is 11.9. The molecule has 3 nitrogen and oxygen atoms in total. The molecular weight excluding hydrogens is 296 g/mol. The first-order valence-corrected chi connectivity index (χ1v) is 6.45. The fraction of sp³-hybridized carbons (Fsp3) is 0.286. The van der Waals surface area contributed by atoms with E-state index in [-0.39, 0.29) is 0 Å². The van der Waals surface area contributed by atoms with E-state index < -0.39 is 6.10 Å². The van der Waals surface area contributed by atoms with Gasteiger partial charge in [-0.1, -0.05) is 15.9 Å². The maximum atomic E-state index is 10.2. The maximum absolute atomic E-state index is 10.2. The van der Waals surface area contributed by atoms with E-state index in [9.17, 15) is 5.11 Å². The summed E-state index contributed by atoms with van der Waals surface area (Å²) in [6, 6.07) is 7.57. The van der Waals surface area contributed by atoms with Crippen molar-refractivity contribution in [2.45, 2.75) is 19.4 Å². The van der Waals surface area contributed by atoms with E-state index in [0.29, 0.717) is 12.2 Å². The number of hydrogen-bond donors (Lipinski definition) is 1. The van der Waals surface area contributed by atoms with E-state index in [2.05, 4.69) is 15.9 Å². The lowest BCUT2D eigenvalue weighted by molar-refractivity contribution is 0.148. The minimum absolute atomic E-state index is 0.455. The molecule has 0 aliphatic rings. The first-order valence-electron chi connectivity index (χ1n) is 5.66. The average molecular weight is 311 g/mol. The van der Waals surface area contributed by atoms with E-state index in [1.54, 1.807) is 13.4 Å². The van der Waals surface area contributed by atoms with E-state index in [4.69, 9.17) is 9.15 Å². The fourth-order valence-electron chi connectivity index (χ4n) is 1.93. The van der Waals surface area contributed by atoms with Gasteiger partial charge >= 0.3 is 0 Å². The zero-order valence-electron chi connectivity index (χ0n) is 10.3. The molecule has 18 heavy (non-hydrogen) atoms. The monoisotopic (exact) mass is 310 g/mol. The molecule has 1 atom stereocenters. The quantitative estimate of drug-likeness (QED) is 0.937. The van der Waals surface area contributed by atoms with Gasteiger partial charge < -0.3 is 14.3 Å². The predicted molar refractivity (Wildman–Crippen MR) is 72.8 cm³/mol. The van der Waals surface area contributed by atoms with Crippen molar-refractivity contribution in [2.24, 2.45) is 0 Å². The molecule has 0 spiro atoms. The van der Waals surface area contributed by atoms with Crippen LogP contribution in [-0.4, -0.2) is 12.2 Å². The number of rotatable bonds is 4. The van der Waals surface area contributed by atoms with Gasteiger partial charge in [-0.25, -0.2) is 0 Å². The molecule has 1 unspecified atom stereocenters. The summed E-state index contributed by atoms with van der Waals surface area (Å²) < 4.78 is 11.5. The smallest absolute Gasteiger partial charge is 0.135 e. The second kappa shape index (κ2) is 5.59. The Bertz CT molecular complexity index is 534. The minimum Gasteiger partial charge on any atom is -0.496 e. The van der Waals surface area contributed by atoms with Crippen LogP contribution in [0.1, 0.15) is 23.0 Å². The summed E-state index contributed by atoms with van der Waals surface area (Å²) in [6.45, 7) is 1.92. The van der Waals surface area contributed by atoms with Crippen LogP contribution in [0.3, 0.4) is 0 Å². The molecule has 0 radical (unpaired) electrons. The number of halogens is 1. The van der Waals surface area contributed by atoms with Crippen LogP contribution in [0.25, 0.3) is 0 Å². The molecule has 1 N–H and O–H groups in total. The highest BCUT2D eigenvalue weighted by molar-refractivity contribution is 9.10. The predicted octanol–water partition coefficient (Wildman–Crippen LogP) is 3.64. The molecule has 1 aromatic carbocycles. The third-order valence-electron chi connectivity index (χ3n) is 2.86. The SMILES string of the molecule is COc1ccc(Br)cc1CC(O)c1occc1C. The van der Waals surface area contributed by atoms with Crippen LogP contribution in [0, 0.1) is 6.92 Å². The number of methoxy groups -OCH3 is 1. The molecule has 1 heterocycles. The van der Waals surface area contributed by atoms with Crippen molar-refractivity contribution in [3.63, 3.8) is 0 Å². The third kappa shape index (κ3) is 2.76.